The molecule has 1 heterocycles. The van der Waals surface area contributed by atoms with Gasteiger partial charge in [-0.3, -0.25) is 0 Å². The summed E-state index contributed by atoms with van der Waals surface area (Å²) in [7, 11) is -4.31. The van der Waals surface area contributed by atoms with Crippen molar-refractivity contribution in [3.8, 4) is 17.0 Å². The minimum absolute atomic E-state index is 0. The van der Waals surface area contributed by atoms with Crippen LogP contribution in [0.3, 0.4) is 0 Å². The fourth-order valence-electron chi connectivity index (χ4n) is 2.01. The highest BCUT2D eigenvalue weighted by Crippen LogP contribution is 2.26. The summed E-state index contributed by atoms with van der Waals surface area (Å²) in [5.41, 5.74) is 3.46. The molecule has 3 aromatic rings. The molecule has 0 aliphatic heterocycles. The molecule has 0 aliphatic rings. The summed E-state index contributed by atoms with van der Waals surface area (Å²) < 4.78 is 44.2. The van der Waals surface area contributed by atoms with Crippen LogP contribution in [0.5, 0.6) is 5.75 Å². The number of ether oxygens (including phenoxy) is 1. The molecule has 22 heavy (non-hydrogen) atoms. The molecule has 0 radical (unpaired) electrons. The van der Waals surface area contributed by atoms with Crippen molar-refractivity contribution in [3.63, 3.8) is 0 Å². The number of hydrogen-bond acceptors (Lipinski definition) is 1. The van der Waals surface area contributed by atoms with Gasteiger partial charge >= 0.3 is 8.68 Å². The lowest BCUT2D eigenvalue weighted by atomic mass is 10.1. The molecule has 0 saturated heterocycles. The van der Waals surface area contributed by atoms with Crippen LogP contribution in [0, 0.1) is 0 Å². The van der Waals surface area contributed by atoms with E-state index in [-0.39, 0.29) is 1.43 Å². The van der Waals surface area contributed by atoms with Crippen LogP contribution in [0.4, 0.5) is 17.3 Å². The van der Waals surface area contributed by atoms with E-state index in [1.165, 1.54) is 10.9 Å². The van der Waals surface area contributed by atoms with Gasteiger partial charge in [0.2, 0.25) is 0 Å². The highest BCUT2D eigenvalue weighted by Gasteiger charge is 2.20. The summed E-state index contributed by atoms with van der Waals surface area (Å²) in [6.07, 6.45) is 0. The summed E-state index contributed by atoms with van der Waals surface area (Å²) in [6, 6.07) is 18.5. The first-order chi connectivity index (χ1) is 10.4. The SMILES string of the molecule is COc1ccc2[nH]c(-c3ccccc3)cc2c1.F[B-](F)(F)F.[H+]. The van der Waals surface area contributed by atoms with Gasteiger partial charge < -0.3 is 27.0 Å². The van der Waals surface area contributed by atoms with Gasteiger partial charge in [-0.05, 0) is 29.8 Å². The topological polar surface area (TPSA) is 25.0 Å². The number of hydrogen-bond donors (Lipinski definition) is 1. The van der Waals surface area contributed by atoms with Crippen LogP contribution >= 0.6 is 0 Å². The first-order valence-corrected chi connectivity index (χ1v) is 6.46. The Morgan fingerprint density at radius 3 is 2.18 bits per heavy atom. The third-order valence-electron chi connectivity index (χ3n) is 2.91. The van der Waals surface area contributed by atoms with E-state index in [4.69, 9.17) is 4.74 Å². The summed E-state index contributed by atoms with van der Waals surface area (Å²) in [5.74, 6) is 0.885. The van der Waals surface area contributed by atoms with E-state index in [0.29, 0.717) is 0 Å². The molecule has 0 amide bonds. The Kier molecular flexibility index (Phi) is 4.75. The van der Waals surface area contributed by atoms with E-state index in [0.717, 1.165) is 17.0 Å². The molecule has 0 atom stereocenters. The maximum atomic E-state index is 9.75. The second-order valence-electron chi connectivity index (χ2n) is 4.50. The fraction of sp³-hybridized carbons (Fsp3) is 0.0667. The number of methoxy groups -OCH3 is 1. The van der Waals surface area contributed by atoms with Crippen molar-refractivity contribution in [1.82, 2.24) is 4.98 Å². The average Bonchev–Trinajstić information content (AvgIpc) is 2.89. The molecule has 0 unspecified atom stereocenters. The van der Waals surface area contributed by atoms with Crippen LogP contribution < -0.4 is 4.74 Å². The molecule has 2 nitrogen and oxygen atoms in total. The zero-order chi connectivity index (χ0) is 16.2. The van der Waals surface area contributed by atoms with Crippen LogP contribution in [0.15, 0.2) is 54.6 Å². The number of aromatic amines is 1. The lowest BCUT2D eigenvalue weighted by Crippen LogP contribution is -2.02. The number of rotatable bonds is 2. The summed E-state index contributed by atoms with van der Waals surface area (Å²) in [5, 5.41) is 1.17. The number of fused-ring (bicyclic) bond motifs is 1. The van der Waals surface area contributed by atoms with Gasteiger partial charge in [0.25, 0.3) is 0 Å². The minimum atomic E-state index is -6.00. The van der Waals surface area contributed by atoms with Crippen LogP contribution in [0.25, 0.3) is 22.2 Å². The predicted octanol–water partition coefficient (Wildman–Crippen LogP) is 5.26. The predicted molar refractivity (Wildman–Crippen MR) is 81.6 cm³/mol. The van der Waals surface area contributed by atoms with Crippen molar-refractivity contribution in [1.29, 1.82) is 0 Å². The standard InChI is InChI=1S/C15H13NO.BF4/c1-17-13-7-8-14-12(9-13)10-15(16-14)11-5-3-2-4-6-11;2-1(3,4)5/h2-10,16H,1H3;/q;-1/p+1. The molecule has 0 bridgehead atoms. The second kappa shape index (κ2) is 6.55. The van der Waals surface area contributed by atoms with E-state index in [1.54, 1.807) is 7.11 Å². The molecule has 0 saturated carbocycles. The van der Waals surface area contributed by atoms with Crippen molar-refractivity contribution in [2.75, 3.05) is 7.11 Å². The fourth-order valence-corrected chi connectivity index (χ4v) is 2.01. The highest BCUT2D eigenvalue weighted by atomic mass is 19.5. The molecule has 7 heteroatoms. The number of aromatic nitrogens is 1. The first kappa shape index (κ1) is 15.9. The molecule has 1 N–H and O–H groups in total. The number of halogens is 4. The lowest BCUT2D eigenvalue weighted by molar-refractivity contribution is 0.368. The molecular weight excluding hydrogens is 297 g/mol. The zero-order valence-corrected chi connectivity index (χ0v) is 11.7. The maximum Gasteiger partial charge on any atom is 1.00 e. The Bertz CT molecular complexity index is 740. The number of nitrogens with one attached hydrogen (secondary N) is 1. The van der Waals surface area contributed by atoms with E-state index in [9.17, 15) is 17.3 Å². The van der Waals surface area contributed by atoms with E-state index < -0.39 is 7.25 Å². The van der Waals surface area contributed by atoms with Gasteiger partial charge in [0.15, 0.2) is 0 Å². The Labute approximate surface area is 126 Å². The second-order valence-corrected chi connectivity index (χ2v) is 4.50. The lowest BCUT2D eigenvalue weighted by Gasteiger charge is -1.97. The van der Waals surface area contributed by atoms with Gasteiger partial charge in [-0.2, -0.15) is 0 Å². The normalized spacial score (nSPS) is 11.0. The molecule has 0 fully saturated rings. The smallest absolute Gasteiger partial charge is 0.497 e. The average molecular weight is 311 g/mol. The summed E-state index contributed by atoms with van der Waals surface area (Å²) in [4.78, 5) is 3.41. The largest absolute Gasteiger partial charge is 1.00 e. The monoisotopic (exact) mass is 311 g/mol. The van der Waals surface area contributed by atoms with Gasteiger partial charge in [-0.15, -0.1) is 0 Å². The molecule has 2 aromatic carbocycles. The Hall–Kier alpha value is -2.44. The van der Waals surface area contributed by atoms with Crippen LogP contribution in [-0.4, -0.2) is 19.3 Å². The molecule has 3 rings (SSSR count). The highest BCUT2D eigenvalue weighted by molar-refractivity contribution is 6.50. The van der Waals surface area contributed by atoms with Crippen molar-refractivity contribution in [2.45, 2.75) is 0 Å². The third kappa shape index (κ3) is 4.54. The minimum Gasteiger partial charge on any atom is -0.497 e. The van der Waals surface area contributed by atoms with Crippen molar-refractivity contribution in [3.05, 3.63) is 54.6 Å². The van der Waals surface area contributed by atoms with Crippen molar-refractivity contribution < 1.29 is 23.4 Å². The molecular formula is C15H14BF4NO. The van der Waals surface area contributed by atoms with Crippen LogP contribution in [-0.2, 0) is 0 Å². The molecule has 0 aliphatic carbocycles. The molecule has 0 spiro atoms. The van der Waals surface area contributed by atoms with E-state index >= 15 is 0 Å². The van der Waals surface area contributed by atoms with E-state index in [1.807, 2.05) is 36.4 Å². The summed E-state index contributed by atoms with van der Waals surface area (Å²) >= 11 is 0. The Balaban J connectivity index is 0.000000390. The number of H-pyrrole nitrogens is 1. The van der Waals surface area contributed by atoms with Gasteiger partial charge in [0, 0.05) is 16.6 Å². The summed E-state index contributed by atoms with van der Waals surface area (Å²) in [6.45, 7) is 0. The zero-order valence-electron chi connectivity index (χ0n) is 12.7. The number of benzene rings is 2. The van der Waals surface area contributed by atoms with Crippen LogP contribution in [0.1, 0.15) is 1.43 Å². The van der Waals surface area contributed by atoms with Gasteiger partial charge in [0.1, 0.15) is 5.75 Å². The van der Waals surface area contributed by atoms with Gasteiger partial charge in [0.05, 0.1) is 7.11 Å². The van der Waals surface area contributed by atoms with Gasteiger partial charge in [-0.25, -0.2) is 0 Å². The Morgan fingerprint density at radius 1 is 0.955 bits per heavy atom. The molecule has 116 valence electrons. The van der Waals surface area contributed by atoms with Crippen molar-refractivity contribution in [2.24, 2.45) is 0 Å². The first-order valence-electron chi connectivity index (χ1n) is 6.46. The maximum absolute atomic E-state index is 9.75. The quantitative estimate of drug-likeness (QED) is 0.507. The molecule has 1 aromatic heterocycles. The van der Waals surface area contributed by atoms with Gasteiger partial charge in [-0.1, -0.05) is 30.3 Å². The van der Waals surface area contributed by atoms with E-state index in [2.05, 4.69) is 23.2 Å². The van der Waals surface area contributed by atoms with Crippen LogP contribution in [0.2, 0.25) is 0 Å². The Morgan fingerprint density at radius 2 is 1.59 bits per heavy atom. The van der Waals surface area contributed by atoms with Crippen molar-refractivity contribution >= 4 is 18.2 Å². The third-order valence-corrected chi connectivity index (χ3v) is 2.91.